The molecule has 0 unspecified atom stereocenters. The van der Waals surface area contributed by atoms with Gasteiger partial charge in [-0.3, -0.25) is 5.43 Å². The van der Waals surface area contributed by atoms with E-state index in [2.05, 4.69) is 22.7 Å². The number of rotatable bonds is 3. The molecule has 0 spiro atoms. The molecule has 0 fully saturated rings. The molecule has 0 aromatic carbocycles. The number of methoxy groups -OCH3 is 1. The quantitative estimate of drug-likeness (QED) is 0.388. The minimum absolute atomic E-state index is 0.154. The van der Waals surface area contributed by atoms with E-state index in [1.54, 1.807) is 7.11 Å². The van der Waals surface area contributed by atoms with Crippen LogP contribution in [0.2, 0.25) is 0 Å². The van der Waals surface area contributed by atoms with Crippen molar-refractivity contribution in [2.24, 2.45) is 10.8 Å². The van der Waals surface area contributed by atoms with Crippen molar-refractivity contribution < 1.29 is 4.74 Å². The Kier molecular flexibility index (Phi) is 4.12. The van der Waals surface area contributed by atoms with Gasteiger partial charge in [0.2, 0.25) is 0 Å². The summed E-state index contributed by atoms with van der Waals surface area (Å²) in [5.74, 6) is 0. The third-order valence-electron chi connectivity index (χ3n) is 1.72. The van der Waals surface area contributed by atoms with Crippen LogP contribution in [0.15, 0.2) is 5.10 Å². The second-order valence-corrected chi connectivity index (χ2v) is 3.33. The van der Waals surface area contributed by atoms with Crippen molar-refractivity contribution in [1.29, 1.82) is 0 Å². The fourth-order valence-electron chi connectivity index (χ4n) is 0.421. The Balaban J connectivity index is 4.26. The Morgan fingerprint density at radius 3 is 2.42 bits per heavy atom. The predicted octanol–water partition coefficient (Wildman–Crippen LogP) is 0.621. The van der Waals surface area contributed by atoms with Crippen molar-refractivity contribution in [2.75, 3.05) is 7.11 Å². The van der Waals surface area contributed by atoms with Gasteiger partial charge in [0.25, 0.3) is 0 Å². The Morgan fingerprint density at radius 1 is 1.58 bits per heavy atom. The van der Waals surface area contributed by atoms with E-state index < -0.39 is 5.60 Å². The second kappa shape index (κ2) is 4.37. The molecule has 0 heterocycles. The van der Waals surface area contributed by atoms with Gasteiger partial charge in [0.15, 0.2) is 5.11 Å². The van der Waals surface area contributed by atoms with E-state index in [0.29, 0.717) is 0 Å². The summed E-state index contributed by atoms with van der Waals surface area (Å²) in [5, 5.41) is 4.10. The third kappa shape index (κ3) is 3.64. The molecule has 0 aromatic heterocycles. The lowest BCUT2D eigenvalue weighted by molar-refractivity contribution is 0.0820. The summed E-state index contributed by atoms with van der Waals surface area (Å²) in [6.45, 7) is 5.66. The SMILES string of the molecule is COC(C)(C)/C(C)=N/NC(N)=S. The highest BCUT2D eigenvalue weighted by Gasteiger charge is 2.20. The van der Waals surface area contributed by atoms with Crippen LogP contribution < -0.4 is 11.2 Å². The first-order valence-electron chi connectivity index (χ1n) is 3.55. The molecule has 0 aliphatic rings. The molecule has 0 saturated heterocycles. The van der Waals surface area contributed by atoms with Crippen molar-refractivity contribution in [3.8, 4) is 0 Å². The summed E-state index contributed by atoms with van der Waals surface area (Å²) in [6, 6.07) is 0. The lowest BCUT2D eigenvalue weighted by Crippen LogP contribution is -2.35. The van der Waals surface area contributed by atoms with E-state index in [-0.39, 0.29) is 5.11 Å². The summed E-state index contributed by atoms with van der Waals surface area (Å²) < 4.78 is 5.18. The number of thiocarbonyl (C=S) groups is 1. The van der Waals surface area contributed by atoms with Crippen LogP contribution in [0.5, 0.6) is 0 Å². The second-order valence-electron chi connectivity index (χ2n) is 2.89. The average molecular weight is 189 g/mol. The molecule has 0 saturated carbocycles. The topological polar surface area (TPSA) is 59.6 Å². The normalized spacial score (nSPS) is 12.8. The standard InChI is InChI=1S/C7H15N3OS/c1-5(7(2,3)11-4)9-10-6(8)12/h1-4H3,(H3,8,10,12)/b9-5+. The zero-order valence-electron chi connectivity index (χ0n) is 7.84. The molecule has 0 atom stereocenters. The van der Waals surface area contributed by atoms with E-state index in [1.165, 1.54) is 0 Å². The van der Waals surface area contributed by atoms with Crippen LogP contribution in [0.25, 0.3) is 0 Å². The van der Waals surface area contributed by atoms with Gasteiger partial charge in [0.05, 0.1) is 5.71 Å². The van der Waals surface area contributed by atoms with Gasteiger partial charge in [0.1, 0.15) is 5.60 Å². The molecule has 0 rings (SSSR count). The van der Waals surface area contributed by atoms with Crippen LogP contribution in [0.3, 0.4) is 0 Å². The average Bonchev–Trinajstić information content (AvgIpc) is 2.00. The number of ether oxygens (including phenoxy) is 1. The molecule has 0 bridgehead atoms. The van der Waals surface area contributed by atoms with E-state index in [4.69, 9.17) is 10.5 Å². The highest BCUT2D eigenvalue weighted by atomic mass is 32.1. The van der Waals surface area contributed by atoms with Gasteiger partial charge in [-0.1, -0.05) is 0 Å². The predicted molar refractivity (Wildman–Crippen MR) is 54.1 cm³/mol. The first-order chi connectivity index (χ1) is 5.40. The van der Waals surface area contributed by atoms with Crippen LogP contribution in [-0.2, 0) is 4.74 Å². The van der Waals surface area contributed by atoms with Crippen LogP contribution >= 0.6 is 12.2 Å². The van der Waals surface area contributed by atoms with E-state index in [1.807, 2.05) is 20.8 Å². The van der Waals surface area contributed by atoms with E-state index >= 15 is 0 Å². The maximum atomic E-state index is 5.20. The molecule has 0 aliphatic carbocycles. The molecular weight excluding hydrogens is 174 g/mol. The lowest BCUT2D eigenvalue weighted by Gasteiger charge is -2.22. The highest BCUT2D eigenvalue weighted by Crippen LogP contribution is 2.09. The van der Waals surface area contributed by atoms with Gasteiger partial charge in [-0.2, -0.15) is 5.10 Å². The number of hydrazone groups is 1. The largest absolute Gasteiger partial charge is 0.375 e. The zero-order chi connectivity index (χ0) is 9.78. The Bertz CT molecular complexity index is 201. The van der Waals surface area contributed by atoms with Crippen molar-refractivity contribution in [3.05, 3.63) is 0 Å². The molecule has 5 heteroatoms. The van der Waals surface area contributed by atoms with Crippen LogP contribution in [0.4, 0.5) is 0 Å². The third-order valence-corrected chi connectivity index (χ3v) is 1.81. The number of hydrogen-bond acceptors (Lipinski definition) is 3. The smallest absolute Gasteiger partial charge is 0.184 e. The summed E-state index contributed by atoms with van der Waals surface area (Å²) >= 11 is 4.59. The summed E-state index contributed by atoms with van der Waals surface area (Å²) in [5.41, 5.74) is 8.10. The number of nitrogens with zero attached hydrogens (tertiary/aromatic N) is 1. The number of nitrogens with two attached hydrogens (primary N) is 1. The van der Waals surface area contributed by atoms with Gasteiger partial charge >= 0.3 is 0 Å². The van der Waals surface area contributed by atoms with Crippen molar-refractivity contribution in [3.63, 3.8) is 0 Å². The van der Waals surface area contributed by atoms with Crippen molar-refractivity contribution in [1.82, 2.24) is 5.43 Å². The Labute approximate surface area is 78.2 Å². The molecule has 0 aromatic rings. The fraction of sp³-hybridized carbons (Fsp3) is 0.714. The van der Waals surface area contributed by atoms with Gasteiger partial charge in [0, 0.05) is 7.11 Å². The van der Waals surface area contributed by atoms with Crippen LogP contribution in [0, 0.1) is 0 Å². The maximum absolute atomic E-state index is 5.20. The minimum atomic E-state index is -0.391. The highest BCUT2D eigenvalue weighted by molar-refractivity contribution is 7.80. The molecule has 12 heavy (non-hydrogen) atoms. The molecule has 3 N–H and O–H groups in total. The van der Waals surface area contributed by atoms with E-state index in [0.717, 1.165) is 5.71 Å². The lowest BCUT2D eigenvalue weighted by atomic mass is 10.0. The maximum Gasteiger partial charge on any atom is 0.184 e. The fourth-order valence-corrected chi connectivity index (χ4v) is 0.467. The van der Waals surface area contributed by atoms with Gasteiger partial charge < -0.3 is 10.5 Å². The first-order valence-corrected chi connectivity index (χ1v) is 3.96. The van der Waals surface area contributed by atoms with Crippen LogP contribution in [-0.4, -0.2) is 23.5 Å². The number of hydrogen-bond donors (Lipinski definition) is 2. The minimum Gasteiger partial charge on any atom is -0.375 e. The molecular formula is C7H15N3OS. The first kappa shape index (κ1) is 11.3. The van der Waals surface area contributed by atoms with Crippen molar-refractivity contribution in [2.45, 2.75) is 26.4 Å². The molecule has 0 aliphatic heterocycles. The van der Waals surface area contributed by atoms with Crippen LogP contribution in [0.1, 0.15) is 20.8 Å². The monoisotopic (exact) mass is 189 g/mol. The Hall–Kier alpha value is -0.680. The molecule has 0 radical (unpaired) electrons. The molecule has 4 nitrogen and oxygen atoms in total. The number of nitrogens with one attached hydrogen (secondary N) is 1. The van der Waals surface area contributed by atoms with Gasteiger partial charge in [-0.15, -0.1) is 0 Å². The van der Waals surface area contributed by atoms with Crippen molar-refractivity contribution >= 4 is 23.0 Å². The molecule has 70 valence electrons. The Morgan fingerprint density at radius 2 is 2.08 bits per heavy atom. The summed E-state index contributed by atoms with van der Waals surface area (Å²) in [7, 11) is 1.62. The van der Waals surface area contributed by atoms with Gasteiger partial charge in [-0.25, -0.2) is 0 Å². The molecule has 0 amide bonds. The summed E-state index contributed by atoms with van der Waals surface area (Å²) in [4.78, 5) is 0. The summed E-state index contributed by atoms with van der Waals surface area (Å²) in [6.07, 6.45) is 0. The zero-order valence-corrected chi connectivity index (χ0v) is 8.66. The van der Waals surface area contributed by atoms with E-state index in [9.17, 15) is 0 Å². The van der Waals surface area contributed by atoms with Gasteiger partial charge in [-0.05, 0) is 33.0 Å².